The number of nitrogens with zero attached hydrogens (tertiary/aromatic N) is 4. The molecule has 0 unspecified atom stereocenters. The lowest BCUT2D eigenvalue weighted by atomic mass is 10.1. The molecule has 3 N–H and O–H groups in total. The highest BCUT2D eigenvalue weighted by Crippen LogP contribution is 2.30. The lowest BCUT2D eigenvalue weighted by Crippen LogP contribution is -2.43. The number of piperazine rings is 1. The number of likely N-dealkylation sites (N-methyl/N-ethyl adjacent to an activating group) is 1. The lowest BCUT2D eigenvalue weighted by Gasteiger charge is -2.32. The summed E-state index contributed by atoms with van der Waals surface area (Å²) >= 11 is 0. The van der Waals surface area contributed by atoms with Crippen LogP contribution in [0.3, 0.4) is 0 Å². The summed E-state index contributed by atoms with van der Waals surface area (Å²) in [6.07, 6.45) is 0. The van der Waals surface area contributed by atoms with Crippen LogP contribution in [0.5, 0.6) is 11.6 Å². The minimum Gasteiger partial charge on any atom is -0.438 e. The molecule has 0 atom stereocenters. The van der Waals surface area contributed by atoms with E-state index < -0.39 is 0 Å². The van der Waals surface area contributed by atoms with Crippen molar-refractivity contribution in [1.82, 2.24) is 14.8 Å². The zero-order valence-electron chi connectivity index (χ0n) is 17.6. The molecule has 7 heteroatoms. The van der Waals surface area contributed by atoms with Crippen molar-refractivity contribution in [1.29, 1.82) is 5.26 Å². The van der Waals surface area contributed by atoms with Crippen LogP contribution in [-0.2, 0) is 6.54 Å². The zero-order valence-corrected chi connectivity index (χ0v) is 17.6. The van der Waals surface area contributed by atoms with Crippen molar-refractivity contribution in [3.8, 4) is 17.7 Å². The quantitative estimate of drug-likeness (QED) is 0.634. The standard InChI is InChI=1S/C24H26N6O/c1-29-11-13-30(14-12-29)17-18-7-9-19(10-8-18)27-23-15-22(26)21(16-25)24(28-23)31-20-5-3-2-4-6-20/h2-10,15H,11-14,17H2,1H3,(H3,26,27,28). The average molecular weight is 415 g/mol. The number of para-hydroxylation sites is 1. The van der Waals surface area contributed by atoms with Crippen LogP contribution in [0.15, 0.2) is 60.7 Å². The first-order valence-corrected chi connectivity index (χ1v) is 10.3. The molecule has 0 spiro atoms. The highest BCUT2D eigenvalue weighted by Gasteiger charge is 2.15. The van der Waals surface area contributed by atoms with E-state index in [0.29, 0.717) is 17.3 Å². The predicted molar refractivity (Wildman–Crippen MR) is 122 cm³/mol. The summed E-state index contributed by atoms with van der Waals surface area (Å²) in [4.78, 5) is 9.30. The Labute approximate surface area is 182 Å². The van der Waals surface area contributed by atoms with Gasteiger partial charge in [0.15, 0.2) is 0 Å². The van der Waals surface area contributed by atoms with Crippen molar-refractivity contribution < 1.29 is 4.74 Å². The third-order valence-corrected chi connectivity index (χ3v) is 5.31. The Bertz CT molecular complexity index is 1050. The van der Waals surface area contributed by atoms with Crippen LogP contribution in [0, 0.1) is 11.3 Å². The normalized spacial score (nSPS) is 14.7. The zero-order chi connectivity index (χ0) is 21.6. The average Bonchev–Trinajstić information content (AvgIpc) is 2.77. The molecule has 158 valence electrons. The van der Waals surface area contributed by atoms with E-state index in [1.807, 2.05) is 30.3 Å². The topological polar surface area (TPSA) is 90.4 Å². The third kappa shape index (κ3) is 5.31. The highest BCUT2D eigenvalue weighted by molar-refractivity contribution is 5.68. The van der Waals surface area contributed by atoms with E-state index in [-0.39, 0.29) is 11.4 Å². The summed E-state index contributed by atoms with van der Waals surface area (Å²) in [6, 6.07) is 21.2. The highest BCUT2D eigenvalue weighted by atomic mass is 16.5. The Kier molecular flexibility index (Phi) is 6.32. The van der Waals surface area contributed by atoms with Gasteiger partial charge in [-0.25, -0.2) is 0 Å². The van der Waals surface area contributed by atoms with Crippen LogP contribution in [0.2, 0.25) is 0 Å². The van der Waals surface area contributed by atoms with Gasteiger partial charge in [0.2, 0.25) is 5.88 Å². The molecule has 31 heavy (non-hydrogen) atoms. The number of hydrogen-bond donors (Lipinski definition) is 2. The monoisotopic (exact) mass is 414 g/mol. The van der Waals surface area contributed by atoms with Crippen LogP contribution < -0.4 is 15.8 Å². The van der Waals surface area contributed by atoms with Crippen molar-refractivity contribution in [2.75, 3.05) is 44.3 Å². The molecule has 0 bridgehead atoms. The first-order valence-electron chi connectivity index (χ1n) is 10.3. The Morgan fingerprint density at radius 1 is 1.06 bits per heavy atom. The van der Waals surface area contributed by atoms with E-state index in [1.165, 1.54) is 5.56 Å². The van der Waals surface area contributed by atoms with Gasteiger partial charge in [0.1, 0.15) is 23.2 Å². The lowest BCUT2D eigenvalue weighted by molar-refractivity contribution is 0.148. The first-order chi connectivity index (χ1) is 15.1. The van der Waals surface area contributed by atoms with Crippen LogP contribution in [0.25, 0.3) is 0 Å². The molecule has 2 heterocycles. The minimum absolute atomic E-state index is 0.183. The summed E-state index contributed by atoms with van der Waals surface area (Å²) in [5, 5.41) is 12.7. The number of ether oxygens (including phenoxy) is 1. The third-order valence-electron chi connectivity index (χ3n) is 5.31. The number of nitrogens with one attached hydrogen (secondary N) is 1. The van der Waals surface area contributed by atoms with Crippen molar-refractivity contribution in [2.45, 2.75) is 6.54 Å². The number of nitrogens with two attached hydrogens (primary N) is 1. The number of pyridine rings is 1. The van der Waals surface area contributed by atoms with E-state index >= 15 is 0 Å². The fourth-order valence-corrected chi connectivity index (χ4v) is 3.50. The van der Waals surface area contributed by atoms with Gasteiger partial charge >= 0.3 is 0 Å². The number of benzene rings is 2. The van der Waals surface area contributed by atoms with Gasteiger partial charge in [-0.1, -0.05) is 30.3 Å². The Hall–Kier alpha value is -3.60. The molecule has 1 fully saturated rings. The molecular formula is C24H26N6O. The molecule has 2 aromatic carbocycles. The van der Waals surface area contributed by atoms with Gasteiger partial charge in [0.05, 0.1) is 5.69 Å². The first kappa shape index (κ1) is 20.7. The van der Waals surface area contributed by atoms with Crippen LogP contribution in [0.4, 0.5) is 17.2 Å². The second-order valence-electron chi connectivity index (χ2n) is 7.71. The van der Waals surface area contributed by atoms with Crippen molar-refractivity contribution in [3.63, 3.8) is 0 Å². The number of anilines is 3. The van der Waals surface area contributed by atoms with Crippen LogP contribution in [0.1, 0.15) is 11.1 Å². The summed E-state index contributed by atoms with van der Waals surface area (Å²) in [7, 11) is 2.16. The van der Waals surface area contributed by atoms with Gasteiger partial charge in [-0.2, -0.15) is 10.2 Å². The van der Waals surface area contributed by atoms with Crippen LogP contribution in [-0.4, -0.2) is 48.0 Å². The molecule has 0 saturated carbocycles. The van der Waals surface area contributed by atoms with Crippen LogP contribution >= 0.6 is 0 Å². The van der Waals surface area contributed by atoms with Gasteiger partial charge in [-0.3, -0.25) is 4.90 Å². The van der Waals surface area contributed by atoms with E-state index in [9.17, 15) is 5.26 Å². The Morgan fingerprint density at radius 3 is 2.45 bits per heavy atom. The van der Waals surface area contributed by atoms with Crippen molar-refractivity contribution >= 4 is 17.2 Å². The van der Waals surface area contributed by atoms with Gasteiger partial charge in [0, 0.05) is 44.5 Å². The Balaban J connectivity index is 1.46. The van der Waals surface area contributed by atoms with Crippen molar-refractivity contribution in [2.24, 2.45) is 0 Å². The SMILES string of the molecule is CN1CCN(Cc2ccc(Nc3cc(N)c(C#N)c(Oc4ccccc4)n3)cc2)CC1. The Morgan fingerprint density at radius 2 is 1.77 bits per heavy atom. The fourth-order valence-electron chi connectivity index (χ4n) is 3.50. The second kappa shape index (κ2) is 9.47. The molecule has 4 rings (SSSR count). The number of nitrogen functional groups attached to an aromatic ring is 1. The maximum atomic E-state index is 9.46. The molecule has 1 saturated heterocycles. The molecule has 1 aliphatic rings. The number of hydrogen-bond acceptors (Lipinski definition) is 7. The van der Waals surface area contributed by atoms with Gasteiger partial charge in [0.25, 0.3) is 0 Å². The molecule has 1 aromatic heterocycles. The van der Waals surface area contributed by atoms with Gasteiger partial charge in [-0.05, 0) is 36.9 Å². The second-order valence-corrected chi connectivity index (χ2v) is 7.71. The number of aromatic nitrogens is 1. The minimum atomic E-state index is 0.183. The summed E-state index contributed by atoms with van der Waals surface area (Å²) in [6.45, 7) is 5.35. The van der Waals surface area contributed by atoms with Gasteiger partial charge in [-0.15, -0.1) is 0 Å². The molecular weight excluding hydrogens is 388 g/mol. The van der Waals surface area contributed by atoms with Gasteiger partial charge < -0.3 is 20.7 Å². The van der Waals surface area contributed by atoms with Crippen molar-refractivity contribution in [3.05, 3.63) is 71.8 Å². The largest absolute Gasteiger partial charge is 0.438 e. The predicted octanol–water partition coefficient (Wildman–Crippen LogP) is 3.82. The fraction of sp³-hybridized carbons (Fsp3) is 0.250. The summed E-state index contributed by atoms with van der Waals surface area (Å²) in [5.74, 6) is 1.30. The molecule has 0 radical (unpaired) electrons. The molecule has 3 aromatic rings. The van der Waals surface area contributed by atoms with E-state index in [1.54, 1.807) is 18.2 Å². The number of rotatable bonds is 6. The van der Waals surface area contributed by atoms with E-state index in [2.05, 4.69) is 45.4 Å². The molecule has 7 nitrogen and oxygen atoms in total. The molecule has 1 aliphatic heterocycles. The molecule has 0 aliphatic carbocycles. The van der Waals surface area contributed by atoms with E-state index in [4.69, 9.17) is 10.5 Å². The smallest absolute Gasteiger partial charge is 0.241 e. The van der Waals surface area contributed by atoms with E-state index in [0.717, 1.165) is 38.4 Å². The molecule has 0 amide bonds. The maximum Gasteiger partial charge on any atom is 0.241 e. The number of nitriles is 1. The summed E-state index contributed by atoms with van der Waals surface area (Å²) in [5.41, 5.74) is 8.79. The summed E-state index contributed by atoms with van der Waals surface area (Å²) < 4.78 is 5.81. The maximum absolute atomic E-state index is 9.46.